The van der Waals surface area contributed by atoms with Crippen LogP contribution in [0.25, 0.3) is 0 Å². The molecule has 0 aliphatic carbocycles. The molecular weight excluding hydrogens is 219 g/mol. The fourth-order valence-electron chi connectivity index (χ4n) is 1.81. The third-order valence-electron chi connectivity index (χ3n) is 2.61. The smallest absolute Gasteiger partial charge is 0.316 e. The van der Waals surface area contributed by atoms with Gasteiger partial charge in [0.25, 0.3) is 0 Å². The van der Waals surface area contributed by atoms with Gasteiger partial charge in [-0.3, -0.25) is 13.9 Å². The minimum Gasteiger partial charge on any atom is -0.316 e. The van der Waals surface area contributed by atoms with E-state index in [1.807, 2.05) is 6.92 Å². The van der Waals surface area contributed by atoms with Gasteiger partial charge in [0.1, 0.15) is 0 Å². The maximum atomic E-state index is 11.1. The summed E-state index contributed by atoms with van der Waals surface area (Å²) in [6, 6.07) is 0.112. The van der Waals surface area contributed by atoms with Crippen LogP contribution in [0, 0.1) is 0 Å². The Morgan fingerprint density at radius 2 is 2.40 bits per heavy atom. The van der Waals surface area contributed by atoms with Crippen LogP contribution in [0.1, 0.15) is 19.8 Å². The molecule has 0 amide bonds. The molecule has 0 bridgehead atoms. The summed E-state index contributed by atoms with van der Waals surface area (Å²) < 4.78 is 20.2. The van der Waals surface area contributed by atoms with Gasteiger partial charge in [-0.1, -0.05) is 0 Å². The van der Waals surface area contributed by atoms with Crippen LogP contribution in [-0.2, 0) is 13.6 Å². The highest BCUT2D eigenvalue weighted by atomic mass is 31.2. The molecule has 2 unspecified atom stereocenters. The van der Waals surface area contributed by atoms with E-state index in [4.69, 9.17) is 15.2 Å². The lowest BCUT2D eigenvalue weighted by atomic mass is 10.2. The fourth-order valence-corrected chi connectivity index (χ4v) is 2.27. The predicted molar refractivity (Wildman–Crippen MR) is 56.2 cm³/mol. The monoisotopic (exact) mass is 238 g/mol. The molecule has 3 N–H and O–H groups in total. The van der Waals surface area contributed by atoms with Crippen LogP contribution in [0.3, 0.4) is 0 Å². The molecule has 1 heterocycles. The van der Waals surface area contributed by atoms with Gasteiger partial charge < -0.3 is 10.6 Å². The Labute approximate surface area is 90.0 Å². The van der Waals surface area contributed by atoms with Gasteiger partial charge >= 0.3 is 7.82 Å². The van der Waals surface area contributed by atoms with E-state index in [9.17, 15) is 4.57 Å². The molecule has 0 spiro atoms. The van der Waals surface area contributed by atoms with Crippen molar-refractivity contribution in [2.75, 3.05) is 20.3 Å². The lowest BCUT2D eigenvalue weighted by Crippen LogP contribution is -2.44. The molecule has 0 aromatic carbocycles. The van der Waals surface area contributed by atoms with Crippen molar-refractivity contribution in [3.8, 4) is 0 Å². The first-order valence-electron chi connectivity index (χ1n) is 5.00. The lowest BCUT2D eigenvalue weighted by Gasteiger charge is -2.27. The molecule has 15 heavy (non-hydrogen) atoms. The highest BCUT2D eigenvalue weighted by molar-refractivity contribution is 7.47. The average molecular weight is 238 g/mol. The maximum absolute atomic E-state index is 11.1. The van der Waals surface area contributed by atoms with Crippen molar-refractivity contribution in [1.82, 2.24) is 4.90 Å². The first-order chi connectivity index (χ1) is 6.96. The molecule has 1 fully saturated rings. The van der Waals surface area contributed by atoms with Gasteiger partial charge in [0.05, 0.1) is 12.8 Å². The third kappa shape index (κ3) is 3.83. The van der Waals surface area contributed by atoms with Gasteiger partial charge in [0.15, 0.2) is 0 Å². The number of hydrogen-bond donors (Lipinski definition) is 2. The second-order valence-corrected chi connectivity index (χ2v) is 5.28. The Kier molecular flexibility index (Phi) is 4.70. The van der Waals surface area contributed by atoms with E-state index >= 15 is 0 Å². The molecule has 3 atom stereocenters. The number of likely N-dealkylation sites (tertiary alicyclic amines) is 1. The molecule has 7 heteroatoms. The van der Waals surface area contributed by atoms with Crippen molar-refractivity contribution in [2.24, 2.45) is 5.73 Å². The minimum absolute atomic E-state index is 0.0540. The third-order valence-corrected chi connectivity index (χ3v) is 3.54. The molecule has 6 nitrogen and oxygen atoms in total. The van der Waals surface area contributed by atoms with E-state index in [0.29, 0.717) is 0 Å². The second-order valence-electron chi connectivity index (χ2n) is 3.72. The summed E-state index contributed by atoms with van der Waals surface area (Å²) in [5, 5.41) is 0. The van der Waals surface area contributed by atoms with Crippen molar-refractivity contribution in [3.05, 3.63) is 0 Å². The highest BCUT2D eigenvalue weighted by Gasteiger charge is 2.29. The summed E-state index contributed by atoms with van der Waals surface area (Å²) in [6.07, 6.45) is 1.92. The molecule has 90 valence electrons. The fraction of sp³-hybridized carbons (Fsp3) is 1.00. The Morgan fingerprint density at radius 1 is 1.73 bits per heavy atom. The summed E-state index contributed by atoms with van der Waals surface area (Å²) in [5.74, 6) is 0. The van der Waals surface area contributed by atoms with Crippen LogP contribution in [0.2, 0.25) is 0 Å². The van der Waals surface area contributed by atoms with Crippen LogP contribution in [-0.4, -0.2) is 42.3 Å². The van der Waals surface area contributed by atoms with Crippen molar-refractivity contribution >= 4 is 7.82 Å². The van der Waals surface area contributed by atoms with E-state index < -0.39 is 7.82 Å². The first-order valence-corrected chi connectivity index (χ1v) is 6.50. The molecule has 0 aromatic heterocycles. The topological polar surface area (TPSA) is 85.0 Å². The van der Waals surface area contributed by atoms with Gasteiger partial charge in [0.2, 0.25) is 0 Å². The number of phosphoric ester groups is 1. The molecule has 1 saturated heterocycles. The van der Waals surface area contributed by atoms with Crippen LogP contribution >= 0.6 is 7.82 Å². The van der Waals surface area contributed by atoms with Crippen LogP contribution in [0.15, 0.2) is 0 Å². The quantitative estimate of drug-likeness (QED) is 0.679. The number of nitrogens with zero attached hydrogens (tertiary/aromatic N) is 1. The largest absolute Gasteiger partial charge is 0.471 e. The Balaban J connectivity index is 2.41. The number of hydrogen-bond acceptors (Lipinski definition) is 5. The van der Waals surface area contributed by atoms with Crippen molar-refractivity contribution < 1.29 is 18.5 Å². The molecule has 1 rings (SSSR count). The molecular formula is C8H19N2O4P. The van der Waals surface area contributed by atoms with Crippen LogP contribution < -0.4 is 5.73 Å². The summed E-state index contributed by atoms with van der Waals surface area (Å²) in [4.78, 5) is 11.1. The Bertz CT molecular complexity index is 249. The van der Waals surface area contributed by atoms with Crippen molar-refractivity contribution in [2.45, 2.75) is 32.0 Å². The molecule has 0 saturated carbocycles. The summed E-state index contributed by atoms with van der Waals surface area (Å²) in [7, 11) is -2.70. The van der Waals surface area contributed by atoms with Gasteiger partial charge in [0, 0.05) is 19.7 Å². The van der Waals surface area contributed by atoms with Gasteiger partial charge in [-0.15, -0.1) is 0 Å². The van der Waals surface area contributed by atoms with Gasteiger partial charge in [-0.05, 0) is 19.8 Å². The first kappa shape index (κ1) is 13.1. The molecule has 1 aliphatic rings. The van der Waals surface area contributed by atoms with Crippen LogP contribution in [0.5, 0.6) is 0 Å². The molecule has 1 aliphatic heterocycles. The Morgan fingerprint density at radius 3 is 2.93 bits per heavy atom. The minimum atomic E-state index is -3.85. The SMILES string of the molecule is COP(=O)(O)OC[C@@H]1CCCN1C(C)N. The standard InChI is InChI=1S/C8H19N2O4P/c1-7(9)10-5-3-4-8(10)6-14-15(11,12)13-2/h7-8H,3-6,9H2,1-2H3,(H,11,12)/t7?,8-/m0/s1. The van der Waals surface area contributed by atoms with Crippen molar-refractivity contribution in [3.63, 3.8) is 0 Å². The Hall–Kier alpha value is 0.0300. The van der Waals surface area contributed by atoms with E-state index in [1.54, 1.807) is 0 Å². The molecule has 0 aromatic rings. The van der Waals surface area contributed by atoms with E-state index in [-0.39, 0.29) is 18.8 Å². The average Bonchev–Trinajstić information content (AvgIpc) is 2.63. The zero-order valence-corrected chi connectivity index (χ0v) is 10.0. The zero-order chi connectivity index (χ0) is 11.5. The maximum Gasteiger partial charge on any atom is 0.471 e. The van der Waals surface area contributed by atoms with E-state index in [0.717, 1.165) is 26.5 Å². The summed E-state index contributed by atoms with van der Waals surface area (Å²) >= 11 is 0. The number of phosphoric acid groups is 1. The predicted octanol–water partition coefficient (Wildman–Crippen LogP) is 0.519. The number of nitrogens with two attached hydrogens (primary N) is 1. The van der Waals surface area contributed by atoms with E-state index in [1.165, 1.54) is 0 Å². The second kappa shape index (κ2) is 5.39. The lowest BCUT2D eigenvalue weighted by molar-refractivity contribution is 0.106. The summed E-state index contributed by atoms with van der Waals surface area (Å²) in [6.45, 7) is 2.99. The molecule has 0 radical (unpaired) electrons. The van der Waals surface area contributed by atoms with Crippen LogP contribution in [0.4, 0.5) is 0 Å². The number of rotatable bonds is 5. The normalized spacial score (nSPS) is 28.9. The summed E-state index contributed by atoms with van der Waals surface area (Å²) in [5.41, 5.74) is 5.77. The van der Waals surface area contributed by atoms with Gasteiger partial charge in [-0.2, -0.15) is 0 Å². The van der Waals surface area contributed by atoms with Crippen molar-refractivity contribution in [1.29, 1.82) is 0 Å². The van der Waals surface area contributed by atoms with E-state index in [2.05, 4.69) is 9.42 Å². The van der Waals surface area contributed by atoms with Gasteiger partial charge in [-0.25, -0.2) is 4.57 Å². The zero-order valence-electron chi connectivity index (χ0n) is 9.13. The highest BCUT2D eigenvalue weighted by Crippen LogP contribution is 2.42.